The molecule has 0 aromatic carbocycles. The molecule has 1 aromatic rings. The van der Waals surface area contributed by atoms with E-state index < -0.39 is 0 Å². The smallest absolute Gasteiger partial charge is 0.147 e. The van der Waals surface area contributed by atoms with Crippen LogP contribution >= 0.6 is 0 Å². The Balaban J connectivity index is 1.91. The molecule has 0 radical (unpaired) electrons. The summed E-state index contributed by atoms with van der Waals surface area (Å²) in [6.45, 7) is 9.40. The minimum Gasteiger partial charge on any atom is -0.355 e. The van der Waals surface area contributed by atoms with Crippen LogP contribution in [0.4, 0.5) is 5.82 Å². The second-order valence-electron chi connectivity index (χ2n) is 5.74. The highest BCUT2D eigenvalue weighted by atomic mass is 15.2. The van der Waals surface area contributed by atoms with Gasteiger partial charge in [0.1, 0.15) is 5.82 Å². The monoisotopic (exact) mass is 262 g/mol. The lowest BCUT2D eigenvalue weighted by molar-refractivity contribution is 0.318. The van der Waals surface area contributed by atoms with Gasteiger partial charge in [-0.25, -0.2) is 4.98 Å². The van der Waals surface area contributed by atoms with Crippen LogP contribution in [-0.2, 0) is 6.54 Å². The molecule has 0 unspecified atom stereocenters. The zero-order valence-electron chi connectivity index (χ0n) is 12.4. The van der Waals surface area contributed by atoms with Gasteiger partial charge in [-0.2, -0.15) is 0 Å². The Bertz CT molecular complexity index is 370. The molecule has 1 aromatic heterocycles. The first kappa shape index (κ1) is 14.3. The zero-order chi connectivity index (χ0) is 13.7. The fourth-order valence-corrected chi connectivity index (χ4v) is 2.28. The van der Waals surface area contributed by atoms with Gasteiger partial charge in [-0.05, 0) is 25.7 Å². The highest BCUT2D eigenvalue weighted by Crippen LogP contribution is 2.28. The number of hydrogen-bond donors (Lipinski definition) is 1. The lowest BCUT2D eigenvalue weighted by Crippen LogP contribution is -2.33. The van der Waals surface area contributed by atoms with Crippen molar-refractivity contribution in [1.82, 2.24) is 15.3 Å². The topological polar surface area (TPSA) is 41.1 Å². The molecule has 0 aliphatic heterocycles. The molecule has 0 bridgehead atoms. The number of hydrogen-bond acceptors (Lipinski definition) is 4. The predicted octanol–water partition coefficient (Wildman–Crippen LogP) is 2.60. The van der Waals surface area contributed by atoms with Crippen LogP contribution in [-0.4, -0.2) is 29.1 Å². The normalized spacial score (nSPS) is 15.6. The minimum absolute atomic E-state index is 0.479. The van der Waals surface area contributed by atoms with Crippen molar-refractivity contribution in [3.63, 3.8) is 0 Å². The van der Waals surface area contributed by atoms with E-state index in [4.69, 9.17) is 0 Å². The highest BCUT2D eigenvalue weighted by Gasteiger charge is 2.20. The molecule has 0 spiro atoms. The van der Waals surface area contributed by atoms with E-state index in [1.165, 1.54) is 19.3 Å². The second-order valence-corrected chi connectivity index (χ2v) is 5.74. The van der Waals surface area contributed by atoms with Crippen LogP contribution in [0.1, 0.15) is 45.7 Å². The van der Waals surface area contributed by atoms with Gasteiger partial charge in [0.2, 0.25) is 0 Å². The molecule has 1 fully saturated rings. The fourth-order valence-electron chi connectivity index (χ4n) is 2.28. The van der Waals surface area contributed by atoms with E-state index >= 15 is 0 Å². The van der Waals surface area contributed by atoms with Crippen LogP contribution in [0.2, 0.25) is 0 Å². The van der Waals surface area contributed by atoms with E-state index in [-0.39, 0.29) is 0 Å². The summed E-state index contributed by atoms with van der Waals surface area (Å²) in [5, 5.41) is 3.36. The molecule has 1 N–H and O–H groups in total. The van der Waals surface area contributed by atoms with Gasteiger partial charge in [-0.3, -0.25) is 4.98 Å². The number of aromatic nitrogens is 2. The van der Waals surface area contributed by atoms with E-state index in [1.54, 1.807) is 0 Å². The Hall–Kier alpha value is -1.16. The van der Waals surface area contributed by atoms with Crippen molar-refractivity contribution in [1.29, 1.82) is 0 Å². The van der Waals surface area contributed by atoms with Crippen molar-refractivity contribution in [2.75, 3.05) is 18.0 Å². The average molecular weight is 262 g/mol. The molecular weight excluding hydrogens is 236 g/mol. The van der Waals surface area contributed by atoms with Gasteiger partial charge in [0.15, 0.2) is 0 Å². The van der Waals surface area contributed by atoms with Crippen molar-refractivity contribution < 1.29 is 0 Å². The third-order valence-corrected chi connectivity index (χ3v) is 3.79. The summed E-state index contributed by atoms with van der Waals surface area (Å²) in [5.74, 6) is 1.88. The van der Waals surface area contributed by atoms with Crippen molar-refractivity contribution in [2.24, 2.45) is 5.92 Å². The van der Waals surface area contributed by atoms with Crippen LogP contribution in [0.3, 0.4) is 0 Å². The third kappa shape index (κ3) is 4.16. The predicted molar refractivity (Wildman–Crippen MR) is 79.2 cm³/mol. The molecule has 0 amide bonds. The van der Waals surface area contributed by atoms with E-state index in [0.29, 0.717) is 6.04 Å². The van der Waals surface area contributed by atoms with Gasteiger partial charge in [0.05, 0.1) is 18.1 Å². The lowest BCUT2D eigenvalue weighted by Gasteiger charge is -2.32. The molecule has 1 saturated carbocycles. The number of anilines is 1. The van der Waals surface area contributed by atoms with Crippen LogP contribution in [0, 0.1) is 5.92 Å². The summed E-state index contributed by atoms with van der Waals surface area (Å²) < 4.78 is 0. The quantitative estimate of drug-likeness (QED) is 0.820. The first-order valence-corrected chi connectivity index (χ1v) is 7.48. The maximum absolute atomic E-state index is 4.56. The minimum atomic E-state index is 0.479. The lowest BCUT2D eigenvalue weighted by atomic mass is 9.85. The van der Waals surface area contributed by atoms with Crippen LogP contribution in [0.5, 0.6) is 0 Å². The molecule has 1 heterocycles. The van der Waals surface area contributed by atoms with E-state index in [2.05, 4.69) is 41.0 Å². The summed E-state index contributed by atoms with van der Waals surface area (Å²) in [4.78, 5) is 11.4. The highest BCUT2D eigenvalue weighted by molar-refractivity contribution is 5.35. The Morgan fingerprint density at radius 2 is 2.11 bits per heavy atom. The van der Waals surface area contributed by atoms with Crippen molar-refractivity contribution in [3.05, 3.63) is 18.1 Å². The SMILES string of the molecule is CCN(CC1CCC1)c1cnc(CNC(C)C)cn1. The molecule has 0 saturated heterocycles. The number of nitrogens with zero attached hydrogens (tertiary/aromatic N) is 3. The van der Waals surface area contributed by atoms with Gasteiger partial charge >= 0.3 is 0 Å². The maximum Gasteiger partial charge on any atom is 0.147 e. The summed E-state index contributed by atoms with van der Waals surface area (Å²) in [6, 6.07) is 0.479. The largest absolute Gasteiger partial charge is 0.355 e. The molecule has 4 heteroatoms. The Kier molecular flexibility index (Phi) is 5.14. The van der Waals surface area contributed by atoms with Crippen LogP contribution in [0.15, 0.2) is 12.4 Å². The number of rotatable bonds is 7. The Labute approximate surface area is 116 Å². The van der Waals surface area contributed by atoms with Gasteiger partial charge in [0.25, 0.3) is 0 Å². The molecule has 2 rings (SSSR count). The first-order valence-electron chi connectivity index (χ1n) is 7.48. The standard InChI is InChI=1S/C15H26N4/c1-4-19(11-13-6-5-7-13)15-10-17-14(9-18-15)8-16-12(2)3/h9-10,12-13,16H,4-8,11H2,1-3H3. The first-order chi connectivity index (χ1) is 9.19. The molecule has 4 nitrogen and oxygen atoms in total. The van der Waals surface area contributed by atoms with Crippen molar-refractivity contribution in [2.45, 2.75) is 52.6 Å². The molecule has 0 atom stereocenters. The summed E-state index contributed by atoms with van der Waals surface area (Å²) in [7, 11) is 0. The van der Waals surface area contributed by atoms with Crippen LogP contribution < -0.4 is 10.2 Å². The molecule has 1 aliphatic rings. The summed E-state index contributed by atoms with van der Waals surface area (Å²) >= 11 is 0. The summed E-state index contributed by atoms with van der Waals surface area (Å²) in [5.41, 5.74) is 1.01. The van der Waals surface area contributed by atoms with E-state index in [9.17, 15) is 0 Å². The summed E-state index contributed by atoms with van der Waals surface area (Å²) in [6.07, 6.45) is 7.96. The van der Waals surface area contributed by atoms with Gasteiger partial charge in [-0.15, -0.1) is 0 Å². The van der Waals surface area contributed by atoms with Gasteiger partial charge in [-0.1, -0.05) is 20.3 Å². The molecule has 19 heavy (non-hydrogen) atoms. The van der Waals surface area contributed by atoms with Gasteiger partial charge in [0, 0.05) is 25.7 Å². The maximum atomic E-state index is 4.56. The fraction of sp³-hybridized carbons (Fsp3) is 0.733. The zero-order valence-corrected chi connectivity index (χ0v) is 12.4. The second kappa shape index (κ2) is 6.85. The van der Waals surface area contributed by atoms with Crippen LogP contribution in [0.25, 0.3) is 0 Å². The van der Waals surface area contributed by atoms with E-state index in [1.807, 2.05) is 12.4 Å². The van der Waals surface area contributed by atoms with Gasteiger partial charge < -0.3 is 10.2 Å². The average Bonchev–Trinajstić information content (AvgIpc) is 2.36. The molecular formula is C15H26N4. The van der Waals surface area contributed by atoms with E-state index in [0.717, 1.165) is 37.1 Å². The van der Waals surface area contributed by atoms with Crippen molar-refractivity contribution in [3.8, 4) is 0 Å². The number of nitrogens with one attached hydrogen (secondary N) is 1. The Morgan fingerprint density at radius 3 is 2.58 bits per heavy atom. The molecule has 1 aliphatic carbocycles. The van der Waals surface area contributed by atoms with Crippen molar-refractivity contribution >= 4 is 5.82 Å². The third-order valence-electron chi connectivity index (χ3n) is 3.79. The molecule has 106 valence electrons. The Morgan fingerprint density at radius 1 is 1.32 bits per heavy atom.